The first-order valence-electron chi connectivity index (χ1n) is 10.2. The molecule has 3 nitrogen and oxygen atoms in total. The topological polar surface area (TPSA) is 35.5 Å². The molecule has 0 atom stereocenters. The van der Waals surface area contributed by atoms with Gasteiger partial charge >= 0.3 is 6.16 Å². The fourth-order valence-corrected chi connectivity index (χ4v) is 3.01. The van der Waals surface area contributed by atoms with Crippen LogP contribution in [0.5, 0.6) is 11.5 Å². The first-order valence-corrected chi connectivity index (χ1v) is 10.2. The van der Waals surface area contributed by atoms with E-state index in [0.717, 1.165) is 12.0 Å². The van der Waals surface area contributed by atoms with Gasteiger partial charge in [0.15, 0.2) is 0 Å². The smallest absolute Gasteiger partial charge is 0.395 e. The van der Waals surface area contributed by atoms with Crippen molar-refractivity contribution in [1.82, 2.24) is 0 Å². The zero-order chi connectivity index (χ0) is 19.3. The maximum absolute atomic E-state index is 11.8. The van der Waals surface area contributed by atoms with E-state index in [-0.39, 0.29) is 0 Å². The van der Waals surface area contributed by atoms with Gasteiger partial charge < -0.3 is 9.47 Å². The highest BCUT2D eigenvalue weighted by Gasteiger charge is 2.07. The lowest BCUT2D eigenvalue weighted by Crippen LogP contribution is -2.13. The van der Waals surface area contributed by atoms with Crippen LogP contribution in [-0.4, -0.2) is 6.16 Å². The molecule has 0 saturated carbocycles. The molecule has 2 rings (SSSR count). The molecule has 0 amide bonds. The number of carbonyl (C=O) groups excluding carboxylic acids is 1. The zero-order valence-corrected chi connectivity index (χ0v) is 16.7. The van der Waals surface area contributed by atoms with Gasteiger partial charge in [0.25, 0.3) is 0 Å². The molecule has 0 aliphatic carbocycles. The van der Waals surface area contributed by atoms with Crippen molar-refractivity contribution >= 4 is 6.16 Å². The van der Waals surface area contributed by atoms with E-state index in [4.69, 9.17) is 9.47 Å². The number of benzene rings is 2. The molecule has 0 aromatic heterocycles. The average molecular weight is 369 g/mol. The van der Waals surface area contributed by atoms with E-state index in [9.17, 15) is 4.79 Å². The van der Waals surface area contributed by atoms with Gasteiger partial charge in [0.05, 0.1) is 0 Å². The van der Waals surface area contributed by atoms with Crippen LogP contribution in [0.1, 0.15) is 69.4 Å². The van der Waals surface area contributed by atoms with Crippen molar-refractivity contribution in [2.24, 2.45) is 0 Å². The lowest BCUT2D eigenvalue weighted by molar-refractivity contribution is 0.152. The Hall–Kier alpha value is -2.29. The van der Waals surface area contributed by atoms with Gasteiger partial charge in [0.1, 0.15) is 11.5 Å². The van der Waals surface area contributed by atoms with Crippen LogP contribution in [0.3, 0.4) is 0 Å². The second-order valence-corrected chi connectivity index (χ2v) is 7.14. The summed E-state index contributed by atoms with van der Waals surface area (Å²) in [6.07, 6.45) is 11.0. The van der Waals surface area contributed by atoms with Crippen molar-refractivity contribution in [3.05, 3.63) is 59.7 Å². The Morgan fingerprint density at radius 1 is 0.704 bits per heavy atom. The highest BCUT2D eigenvalue weighted by atomic mass is 16.7. The van der Waals surface area contributed by atoms with Gasteiger partial charge in [-0.15, -0.1) is 0 Å². The molecule has 0 spiro atoms. The monoisotopic (exact) mass is 368 g/mol. The largest absolute Gasteiger partial charge is 0.519 e. The molecule has 0 heterocycles. The number of rotatable bonds is 11. The van der Waals surface area contributed by atoms with E-state index in [1.54, 1.807) is 12.1 Å². The predicted octanol–water partition coefficient (Wildman–Crippen LogP) is 7.26. The van der Waals surface area contributed by atoms with Gasteiger partial charge in [-0.25, -0.2) is 4.79 Å². The Morgan fingerprint density at radius 3 is 1.74 bits per heavy atom. The van der Waals surface area contributed by atoms with Crippen molar-refractivity contribution < 1.29 is 14.3 Å². The Kier molecular flexibility index (Phi) is 9.47. The summed E-state index contributed by atoms with van der Waals surface area (Å²) in [7, 11) is 0. The molecule has 0 aliphatic heterocycles. The van der Waals surface area contributed by atoms with Crippen LogP contribution in [-0.2, 0) is 6.42 Å². The third-order valence-corrected chi connectivity index (χ3v) is 4.67. The van der Waals surface area contributed by atoms with E-state index in [1.165, 1.54) is 56.9 Å². The van der Waals surface area contributed by atoms with Crippen molar-refractivity contribution in [1.29, 1.82) is 0 Å². The summed E-state index contributed by atoms with van der Waals surface area (Å²) in [4.78, 5) is 11.8. The minimum absolute atomic E-state index is 0.483. The Balaban J connectivity index is 1.64. The predicted molar refractivity (Wildman–Crippen MR) is 111 cm³/mol. The van der Waals surface area contributed by atoms with Crippen LogP contribution in [0, 0.1) is 6.92 Å². The van der Waals surface area contributed by atoms with Crippen LogP contribution in [0.25, 0.3) is 0 Å². The van der Waals surface area contributed by atoms with Crippen LogP contribution in [0.15, 0.2) is 48.5 Å². The highest BCUT2D eigenvalue weighted by molar-refractivity contribution is 5.67. The van der Waals surface area contributed by atoms with Gasteiger partial charge in [-0.05, 0) is 49.6 Å². The van der Waals surface area contributed by atoms with E-state index in [0.29, 0.717) is 11.5 Å². The molecular formula is C24H32O3. The molecule has 27 heavy (non-hydrogen) atoms. The van der Waals surface area contributed by atoms with Gasteiger partial charge in [-0.3, -0.25) is 0 Å². The fourth-order valence-electron chi connectivity index (χ4n) is 3.01. The van der Waals surface area contributed by atoms with E-state index in [1.807, 2.05) is 43.3 Å². The first kappa shape index (κ1) is 21.0. The molecule has 0 unspecified atom stereocenters. The van der Waals surface area contributed by atoms with E-state index >= 15 is 0 Å². The molecule has 0 bridgehead atoms. The summed E-state index contributed by atoms with van der Waals surface area (Å²) in [5, 5.41) is 0. The number of unbranched alkanes of at least 4 members (excludes halogenated alkanes) is 7. The van der Waals surface area contributed by atoms with Gasteiger partial charge in [0.2, 0.25) is 0 Å². The van der Waals surface area contributed by atoms with Crippen molar-refractivity contribution in [2.45, 2.75) is 71.6 Å². The van der Waals surface area contributed by atoms with Crippen LogP contribution >= 0.6 is 0 Å². The molecule has 0 fully saturated rings. The third-order valence-electron chi connectivity index (χ3n) is 4.67. The molecule has 0 saturated heterocycles. The Labute approximate surface area is 163 Å². The molecular weight excluding hydrogens is 336 g/mol. The number of hydrogen-bond donors (Lipinski definition) is 0. The summed E-state index contributed by atoms with van der Waals surface area (Å²) >= 11 is 0. The summed E-state index contributed by atoms with van der Waals surface area (Å²) in [6.45, 7) is 4.24. The van der Waals surface area contributed by atoms with Gasteiger partial charge in [-0.2, -0.15) is 0 Å². The Morgan fingerprint density at radius 2 is 1.19 bits per heavy atom. The lowest BCUT2D eigenvalue weighted by atomic mass is 10.0. The maximum atomic E-state index is 11.8. The molecule has 146 valence electrons. The van der Waals surface area contributed by atoms with Crippen molar-refractivity contribution in [3.63, 3.8) is 0 Å². The standard InChI is InChI=1S/C24H32O3/c1-3-4-5-6-7-8-9-10-11-21-14-18-23(19-15-21)27-24(25)26-22-16-12-20(2)13-17-22/h12-19H,3-11H2,1-2H3. The summed E-state index contributed by atoms with van der Waals surface area (Å²) < 4.78 is 10.4. The number of hydrogen-bond acceptors (Lipinski definition) is 3. The van der Waals surface area contributed by atoms with Crippen molar-refractivity contribution in [3.8, 4) is 11.5 Å². The average Bonchev–Trinajstić information content (AvgIpc) is 2.67. The minimum Gasteiger partial charge on any atom is -0.395 e. The first-order chi connectivity index (χ1) is 13.2. The fraction of sp³-hybridized carbons (Fsp3) is 0.458. The second kappa shape index (κ2) is 12.2. The minimum atomic E-state index is -0.713. The van der Waals surface area contributed by atoms with E-state index in [2.05, 4.69) is 6.92 Å². The van der Waals surface area contributed by atoms with Crippen molar-refractivity contribution in [2.75, 3.05) is 0 Å². The second-order valence-electron chi connectivity index (χ2n) is 7.14. The highest BCUT2D eigenvalue weighted by Crippen LogP contribution is 2.17. The quantitative estimate of drug-likeness (QED) is 0.238. The summed E-state index contributed by atoms with van der Waals surface area (Å²) in [6, 6.07) is 15.0. The Bertz CT molecular complexity index is 659. The molecule has 0 radical (unpaired) electrons. The van der Waals surface area contributed by atoms with Crippen LogP contribution in [0.2, 0.25) is 0 Å². The SMILES string of the molecule is CCCCCCCCCCc1ccc(OC(=O)Oc2ccc(C)cc2)cc1. The third kappa shape index (κ3) is 8.76. The summed E-state index contributed by atoms with van der Waals surface area (Å²) in [5.74, 6) is 0.990. The maximum Gasteiger partial charge on any atom is 0.519 e. The van der Waals surface area contributed by atoms with Crippen LogP contribution < -0.4 is 9.47 Å². The molecule has 0 N–H and O–H groups in total. The normalized spacial score (nSPS) is 10.6. The van der Waals surface area contributed by atoms with E-state index < -0.39 is 6.16 Å². The zero-order valence-electron chi connectivity index (χ0n) is 16.7. The lowest BCUT2D eigenvalue weighted by Gasteiger charge is -2.07. The van der Waals surface area contributed by atoms with Gasteiger partial charge in [0, 0.05) is 0 Å². The molecule has 2 aromatic rings. The molecule has 2 aromatic carbocycles. The number of aryl methyl sites for hydroxylation is 2. The number of carbonyl (C=O) groups is 1. The molecule has 3 heteroatoms. The van der Waals surface area contributed by atoms with Gasteiger partial charge in [-0.1, -0.05) is 81.7 Å². The van der Waals surface area contributed by atoms with Crippen LogP contribution in [0.4, 0.5) is 4.79 Å². The summed E-state index contributed by atoms with van der Waals surface area (Å²) in [5.41, 5.74) is 2.39. The number of ether oxygens (including phenoxy) is 2. The molecule has 0 aliphatic rings.